The predicted octanol–water partition coefficient (Wildman–Crippen LogP) is 2.25. The molecule has 0 saturated heterocycles. The highest BCUT2D eigenvalue weighted by atomic mass is 33.1. The lowest BCUT2D eigenvalue weighted by molar-refractivity contribution is -0.129. The number of hydrogen-bond donors (Lipinski definition) is 0. The molecule has 0 aliphatic rings. The van der Waals surface area contributed by atoms with Crippen molar-refractivity contribution in [3.63, 3.8) is 0 Å². The summed E-state index contributed by atoms with van der Waals surface area (Å²) in [5.74, 6) is 0.249. The van der Waals surface area contributed by atoms with Crippen LogP contribution >= 0.6 is 21.6 Å². The van der Waals surface area contributed by atoms with Crippen molar-refractivity contribution in [2.45, 2.75) is 25.5 Å². The van der Waals surface area contributed by atoms with Crippen molar-refractivity contribution >= 4 is 27.5 Å². The third-order valence-corrected chi connectivity index (χ3v) is 3.94. The van der Waals surface area contributed by atoms with Crippen molar-refractivity contribution in [3.05, 3.63) is 0 Å². The lowest BCUT2D eigenvalue weighted by Gasteiger charge is -2.20. The molecule has 0 aliphatic heterocycles. The average molecular weight is 207 g/mol. The van der Waals surface area contributed by atoms with E-state index in [0.717, 1.165) is 13.0 Å². The first-order valence-corrected chi connectivity index (χ1v) is 6.73. The van der Waals surface area contributed by atoms with Gasteiger partial charge in [-0.15, -0.1) is 0 Å². The van der Waals surface area contributed by atoms with Crippen molar-refractivity contribution in [1.29, 1.82) is 0 Å². The van der Waals surface area contributed by atoms with Gasteiger partial charge >= 0.3 is 0 Å². The van der Waals surface area contributed by atoms with E-state index in [0.29, 0.717) is 0 Å². The Morgan fingerprint density at radius 1 is 1.50 bits per heavy atom. The SMILES string of the molecule is CCC(SSC)C(=O)N(C)CC. The van der Waals surface area contributed by atoms with E-state index in [9.17, 15) is 4.79 Å². The summed E-state index contributed by atoms with van der Waals surface area (Å²) < 4.78 is 0. The Morgan fingerprint density at radius 3 is 2.42 bits per heavy atom. The third-order valence-electron chi connectivity index (χ3n) is 1.71. The number of nitrogens with zero attached hydrogens (tertiary/aromatic N) is 1. The molecule has 0 rings (SSSR count). The van der Waals surface area contributed by atoms with Crippen LogP contribution in [0.25, 0.3) is 0 Å². The lowest BCUT2D eigenvalue weighted by Crippen LogP contribution is -2.33. The molecule has 12 heavy (non-hydrogen) atoms. The highest BCUT2D eigenvalue weighted by Gasteiger charge is 2.19. The number of amides is 1. The number of rotatable bonds is 5. The maximum atomic E-state index is 11.6. The first-order chi connectivity index (χ1) is 5.67. The van der Waals surface area contributed by atoms with Gasteiger partial charge in [-0.2, -0.15) is 0 Å². The molecule has 4 heteroatoms. The molecule has 72 valence electrons. The molecule has 0 aromatic carbocycles. The summed E-state index contributed by atoms with van der Waals surface area (Å²) in [5.41, 5.74) is 0. The van der Waals surface area contributed by atoms with Crippen LogP contribution in [0.3, 0.4) is 0 Å². The molecule has 0 spiro atoms. The van der Waals surface area contributed by atoms with Gasteiger partial charge in [-0.25, -0.2) is 0 Å². The maximum Gasteiger partial charge on any atom is 0.236 e. The first-order valence-electron chi connectivity index (χ1n) is 4.11. The minimum Gasteiger partial charge on any atom is -0.345 e. The second-order valence-corrected chi connectivity index (χ2v) is 5.18. The Balaban J connectivity index is 4.01. The standard InChI is InChI=1S/C8H17NOS2/c1-5-7(12-11-4)8(10)9(3)6-2/h7H,5-6H2,1-4H3. The van der Waals surface area contributed by atoms with Gasteiger partial charge < -0.3 is 4.90 Å². The van der Waals surface area contributed by atoms with Gasteiger partial charge in [0.1, 0.15) is 0 Å². The summed E-state index contributed by atoms with van der Waals surface area (Å²) in [6, 6.07) is 0. The van der Waals surface area contributed by atoms with E-state index in [1.54, 1.807) is 26.5 Å². The van der Waals surface area contributed by atoms with Crippen LogP contribution in [-0.2, 0) is 4.79 Å². The smallest absolute Gasteiger partial charge is 0.236 e. The van der Waals surface area contributed by atoms with Crippen LogP contribution in [0.15, 0.2) is 0 Å². The minimum atomic E-state index is 0.130. The molecule has 0 aromatic heterocycles. The fourth-order valence-electron chi connectivity index (χ4n) is 0.802. The summed E-state index contributed by atoms with van der Waals surface area (Å²) in [6.45, 7) is 4.84. The molecular formula is C8H17NOS2. The zero-order chi connectivity index (χ0) is 9.56. The van der Waals surface area contributed by atoms with Crippen LogP contribution in [-0.4, -0.2) is 35.9 Å². The van der Waals surface area contributed by atoms with Gasteiger partial charge in [0.05, 0.1) is 5.25 Å². The van der Waals surface area contributed by atoms with Gasteiger partial charge in [-0.05, 0) is 19.6 Å². The minimum absolute atomic E-state index is 0.130. The second-order valence-electron chi connectivity index (χ2n) is 2.51. The Morgan fingerprint density at radius 2 is 2.08 bits per heavy atom. The maximum absolute atomic E-state index is 11.6. The normalized spacial score (nSPS) is 12.7. The molecule has 0 saturated carbocycles. The number of carbonyl (C=O) groups excluding carboxylic acids is 1. The Kier molecular flexibility index (Phi) is 6.76. The van der Waals surface area contributed by atoms with Crippen molar-refractivity contribution in [3.8, 4) is 0 Å². The van der Waals surface area contributed by atoms with Crippen molar-refractivity contribution in [2.24, 2.45) is 0 Å². The van der Waals surface area contributed by atoms with Gasteiger partial charge in [-0.3, -0.25) is 4.79 Å². The second kappa shape index (κ2) is 6.66. The highest BCUT2D eigenvalue weighted by Crippen LogP contribution is 2.26. The molecule has 0 fully saturated rings. The van der Waals surface area contributed by atoms with Gasteiger partial charge in [0.2, 0.25) is 5.91 Å². The van der Waals surface area contributed by atoms with Gasteiger partial charge in [0.25, 0.3) is 0 Å². The largest absolute Gasteiger partial charge is 0.345 e. The van der Waals surface area contributed by atoms with Gasteiger partial charge in [0.15, 0.2) is 0 Å². The zero-order valence-electron chi connectivity index (χ0n) is 8.16. The lowest BCUT2D eigenvalue weighted by atomic mass is 10.3. The van der Waals surface area contributed by atoms with E-state index < -0.39 is 0 Å². The fraction of sp³-hybridized carbons (Fsp3) is 0.875. The fourth-order valence-corrected chi connectivity index (χ4v) is 2.78. The predicted molar refractivity (Wildman–Crippen MR) is 58.5 cm³/mol. The summed E-state index contributed by atoms with van der Waals surface area (Å²) in [7, 11) is 5.17. The Labute approximate surface area is 82.9 Å². The van der Waals surface area contributed by atoms with Crippen LogP contribution in [0, 0.1) is 0 Å². The van der Waals surface area contributed by atoms with Crippen LogP contribution in [0.2, 0.25) is 0 Å². The monoisotopic (exact) mass is 207 g/mol. The van der Waals surface area contributed by atoms with Crippen LogP contribution in [0.5, 0.6) is 0 Å². The molecule has 0 bridgehead atoms. The van der Waals surface area contributed by atoms with E-state index in [4.69, 9.17) is 0 Å². The van der Waals surface area contributed by atoms with E-state index in [1.165, 1.54) is 0 Å². The zero-order valence-corrected chi connectivity index (χ0v) is 9.80. The van der Waals surface area contributed by atoms with Crippen LogP contribution < -0.4 is 0 Å². The van der Waals surface area contributed by atoms with Crippen molar-refractivity contribution < 1.29 is 4.79 Å². The summed E-state index contributed by atoms with van der Waals surface area (Å²) in [6.07, 6.45) is 2.92. The first kappa shape index (κ1) is 12.2. The molecule has 0 aliphatic carbocycles. The van der Waals surface area contributed by atoms with E-state index in [2.05, 4.69) is 6.92 Å². The molecular weight excluding hydrogens is 190 g/mol. The quantitative estimate of drug-likeness (QED) is 0.645. The third kappa shape index (κ3) is 3.72. The number of carbonyl (C=O) groups is 1. The summed E-state index contributed by atoms with van der Waals surface area (Å²) >= 11 is 0. The summed E-state index contributed by atoms with van der Waals surface area (Å²) in [5, 5.41) is 0.130. The molecule has 0 radical (unpaired) electrons. The van der Waals surface area contributed by atoms with Crippen molar-refractivity contribution in [1.82, 2.24) is 4.90 Å². The molecule has 1 unspecified atom stereocenters. The molecule has 0 N–H and O–H groups in total. The van der Waals surface area contributed by atoms with Gasteiger partial charge in [-0.1, -0.05) is 28.5 Å². The Hall–Kier alpha value is 0.170. The van der Waals surface area contributed by atoms with Crippen LogP contribution in [0.1, 0.15) is 20.3 Å². The molecule has 0 aromatic rings. The highest BCUT2D eigenvalue weighted by molar-refractivity contribution is 8.76. The van der Waals surface area contributed by atoms with Gasteiger partial charge in [0, 0.05) is 13.6 Å². The van der Waals surface area contributed by atoms with E-state index in [-0.39, 0.29) is 11.2 Å². The molecule has 1 atom stereocenters. The van der Waals surface area contributed by atoms with E-state index >= 15 is 0 Å². The number of hydrogen-bond acceptors (Lipinski definition) is 3. The average Bonchev–Trinajstić information content (AvgIpc) is 2.11. The topological polar surface area (TPSA) is 20.3 Å². The van der Waals surface area contributed by atoms with Crippen molar-refractivity contribution in [2.75, 3.05) is 19.8 Å². The molecule has 1 amide bonds. The summed E-state index contributed by atoms with van der Waals surface area (Å²) in [4.78, 5) is 13.4. The molecule has 0 heterocycles. The molecule has 2 nitrogen and oxygen atoms in total. The Bertz CT molecular complexity index is 141. The van der Waals surface area contributed by atoms with Crippen LogP contribution in [0.4, 0.5) is 0 Å². The van der Waals surface area contributed by atoms with E-state index in [1.807, 2.05) is 20.2 Å².